The fourth-order valence-corrected chi connectivity index (χ4v) is 7.01. The number of amides is 3. The van der Waals surface area contributed by atoms with Crippen molar-refractivity contribution in [1.82, 2.24) is 10.3 Å². The highest BCUT2D eigenvalue weighted by Gasteiger charge is 2.24. The molecule has 11 heteroatoms. The Bertz CT molecular complexity index is 2170. The van der Waals surface area contributed by atoms with Crippen LogP contribution in [0, 0.1) is 0 Å². The van der Waals surface area contributed by atoms with Crippen molar-refractivity contribution in [3.8, 4) is 11.5 Å². The molecule has 3 amide bonds. The van der Waals surface area contributed by atoms with Crippen LogP contribution in [0.15, 0.2) is 138 Å². The fourth-order valence-electron chi connectivity index (χ4n) is 5.09. The quantitative estimate of drug-likeness (QED) is 0.0810. The van der Waals surface area contributed by atoms with Crippen molar-refractivity contribution in [2.75, 3.05) is 24.4 Å². The number of anilines is 2. The van der Waals surface area contributed by atoms with E-state index in [-0.39, 0.29) is 11.6 Å². The molecule has 1 heterocycles. The monoisotopic (exact) mass is 714 g/mol. The third-order valence-electron chi connectivity index (χ3n) is 7.58. The minimum Gasteiger partial charge on any atom is -0.497 e. The number of thioether (sulfide) groups is 1. The Morgan fingerprint density at radius 1 is 0.843 bits per heavy atom. The third kappa shape index (κ3) is 9.01. The highest BCUT2D eigenvalue weighted by Crippen LogP contribution is 2.38. The van der Waals surface area contributed by atoms with E-state index in [1.54, 1.807) is 55.7 Å². The van der Waals surface area contributed by atoms with Crippen molar-refractivity contribution in [3.05, 3.63) is 150 Å². The second kappa shape index (κ2) is 16.7. The lowest BCUT2D eigenvalue weighted by Crippen LogP contribution is -2.30. The maximum absolute atomic E-state index is 13.7. The minimum absolute atomic E-state index is 0.0450. The van der Waals surface area contributed by atoms with Crippen molar-refractivity contribution in [3.63, 3.8) is 0 Å². The van der Waals surface area contributed by atoms with Crippen LogP contribution in [0.1, 0.15) is 33.7 Å². The lowest BCUT2D eigenvalue weighted by molar-refractivity contribution is -0.116. The Hall–Kier alpha value is -5.91. The number of fused-ring (bicyclic) bond motifs is 1. The molecule has 0 aliphatic carbocycles. The lowest BCUT2D eigenvalue weighted by Gasteiger charge is -2.17. The Kier molecular flexibility index (Phi) is 11.4. The number of thiazole rings is 1. The molecule has 6 aromatic rings. The van der Waals surface area contributed by atoms with Crippen LogP contribution in [-0.2, 0) is 9.59 Å². The number of aromatic nitrogens is 1. The van der Waals surface area contributed by atoms with Gasteiger partial charge in [0.05, 0.1) is 23.9 Å². The van der Waals surface area contributed by atoms with Crippen molar-refractivity contribution in [2.24, 2.45) is 0 Å². The molecule has 51 heavy (non-hydrogen) atoms. The smallest absolute Gasteiger partial charge is 0.272 e. The van der Waals surface area contributed by atoms with Gasteiger partial charge in [-0.2, -0.15) is 0 Å². The minimum atomic E-state index is -0.582. The standard InChI is InChI=1S/C40H34N4O5S2/c1-3-49-34-17-11-10-16-28(34)24-33(42-37(45)27-14-8-5-9-15-27)38(46)41-29-18-21-31(22-19-29)50-36(26-12-6-4-7-13-26)39(47)44-40-43-32-23-20-30(48-2)25-35(32)51-40/h4-25,36H,3H2,1-2H3,(H,41,46)(H,42,45)(H,43,44,47)/b33-24-. The normalized spacial score (nSPS) is 11.8. The number of hydrogen-bond acceptors (Lipinski definition) is 8. The number of benzene rings is 5. The summed E-state index contributed by atoms with van der Waals surface area (Å²) < 4.78 is 12.0. The van der Waals surface area contributed by atoms with Gasteiger partial charge in [-0.15, -0.1) is 11.8 Å². The first-order valence-corrected chi connectivity index (χ1v) is 17.8. The zero-order chi connectivity index (χ0) is 35.6. The van der Waals surface area contributed by atoms with Crippen LogP contribution in [0.3, 0.4) is 0 Å². The van der Waals surface area contributed by atoms with E-state index in [0.717, 1.165) is 26.4 Å². The van der Waals surface area contributed by atoms with Gasteiger partial charge in [-0.1, -0.05) is 78.1 Å². The first-order valence-electron chi connectivity index (χ1n) is 16.1. The molecular formula is C40H34N4O5S2. The van der Waals surface area contributed by atoms with Gasteiger partial charge in [-0.3, -0.25) is 14.4 Å². The summed E-state index contributed by atoms with van der Waals surface area (Å²) in [5, 5.41) is 8.57. The number of ether oxygens (including phenoxy) is 2. The molecule has 9 nitrogen and oxygen atoms in total. The molecule has 0 saturated carbocycles. The molecule has 3 N–H and O–H groups in total. The molecule has 0 spiro atoms. The van der Waals surface area contributed by atoms with E-state index in [2.05, 4.69) is 20.9 Å². The molecule has 0 fully saturated rings. The van der Waals surface area contributed by atoms with E-state index in [4.69, 9.17) is 9.47 Å². The van der Waals surface area contributed by atoms with Crippen LogP contribution >= 0.6 is 23.1 Å². The van der Waals surface area contributed by atoms with E-state index in [1.165, 1.54) is 23.1 Å². The van der Waals surface area contributed by atoms with Gasteiger partial charge < -0.3 is 25.4 Å². The molecule has 6 rings (SSSR count). The number of nitrogens with zero attached hydrogens (tertiary/aromatic N) is 1. The van der Waals surface area contributed by atoms with E-state index in [0.29, 0.717) is 34.3 Å². The second-order valence-electron chi connectivity index (χ2n) is 11.1. The molecule has 0 aliphatic rings. The zero-order valence-corrected chi connectivity index (χ0v) is 29.4. The predicted molar refractivity (Wildman–Crippen MR) is 204 cm³/mol. The van der Waals surface area contributed by atoms with Crippen LogP contribution in [0.4, 0.5) is 10.8 Å². The molecule has 1 unspecified atom stereocenters. The molecule has 0 radical (unpaired) electrons. The number of hydrogen-bond donors (Lipinski definition) is 3. The molecule has 0 bridgehead atoms. The number of carbonyl (C=O) groups excluding carboxylic acids is 3. The Morgan fingerprint density at radius 2 is 1.55 bits per heavy atom. The molecule has 0 aliphatic heterocycles. The van der Waals surface area contributed by atoms with Crippen LogP contribution in [0.2, 0.25) is 0 Å². The third-order valence-corrected chi connectivity index (χ3v) is 9.78. The van der Waals surface area contributed by atoms with Crippen LogP contribution in [0.5, 0.6) is 11.5 Å². The molecule has 5 aromatic carbocycles. The lowest BCUT2D eigenvalue weighted by atomic mass is 10.1. The summed E-state index contributed by atoms with van der Waals surface area (Å²) in [6.07, 6.45) is 1.59. The topological polar surface area (TPSA) is 119 Å². The largest absolute Gasteiger partial charge is 0.497 e. The number of nitrogens with one attached hydrogen (secondary N) is 3. The maximum atomic E-state index is 13.7. The van der Waals surface area contributed by atoms with Crippen molar-refractivity contribution in [1.29, 1.82) is 0 Å². The molecular weight excluding hydrogens is 681 g/mol. The molecule has 1 aromatic heterocycles. The number of rotatable bonds is 13. The Balaban J connectivity index is 1.20. The summed E-state index contributed by atoms with van der Waals surface area (Å²) in [7, 11) is 1.61. The molecule has 256 valence electrons. The van der Waals surface area contributed by atoms with Crippen LogP contribution < -0.4 is 25.4 Å². The van der Waals surface area contributed by atoms with Crippen LogP contribution in [0.25, 0.3) is 16.3 Å². The summed E-state index contributed by atoms with van der Waals surface area (Å²) in [4.78, 5) is 45.9. The summed E-state index contributed by atoms with van der Waals surface area (Å²) in [6, 6.07) is 38.3. The Labute approximate surface area is 303 Å². The first-order chi connectivity index (χ1) is 24.9. The van der Waals surface area contributed by atoms with E-state index >= 15 is 0 Å². The van der Waals surface area contributed by atoms with Crippen LogP contribution in [-0.4, -0.2) is 36.4 Å². The SMILES string of the molecule is CCOc1ccccc1/C=C(\NC(=O)c1ccccc1)C(=O)Nc1ccc(SC(C(=O)Nc2nc3ccc(OC)cc3s2)c2ccccc2)cc1. The Morgan fingerprint density at radius 3 is 2.27 bits per heavy atom. The van der Waals surface area contributed by atoms with Crippen molar-refractivity contribution >= 4 is 67.9 Å². The maximum Gasteiger partial charge on any atom is 0.272 e. The zero-order valence-electron chi connectivity index (χ0n) is 27.8. The molecule has 1 atom stereocenters. The van der Waals surface area contributed by atoms with Gasteiger partial charge in [0, 0.05) is 21.7 Å². The number of para-hydroxylation sites is 1. The number of carbonyl (C=O) groups is 3. The van der Waals surface area contributed by atoms with Gasteiger partial charge in [-0.25, -0.2) is 4.98 Å². The predicted octanol–water partition coefficient (Wildman–Crippen LogP) is 8.59. The van der Waals surface area contributed by atoms with E-state index in [9.17, 15) is 14.4 Å². The van der Waals surface area contributed by atoms with Gasteiger partial charge in [0.25, 0.3) is 11.8 Å². The fraction of sp³-hybridized carbons (Fsp3) is 0.100. The highest BCUT2D eigenvalue weighted by atomic mass is 32.2. The van der Waals surface area contributed by atoms with Gasteiger partial charge in [-0.05, 0) is 79.2 Å². The van der Waals surface area contributed by atoms with E-state index < -0.39 is 17.1 Å². The average Bonchev–Trinajstić information content (AvgIpc) is 3.57. The molecule has 0 saturated heterocycles. The van der Waals surface area contributed by atoms with E-state index in [1.807, 2.05) is 91.9 Å². The first kappa shape index (κ1) is 34.9. The van der Waals surface area contributed by atoms with Gasteiger partial charge >= 0.3 is 0 Å². The summed E-state index contributed by atoms with van der Waals surface area (Å²) in [6.45, 7) is 2.32. The van der Waals surface area contributed by atoms with Gasteiger partial charge in [0.15, 0.2) is 5.13 Å². The highest BCUT2D eigenvalue weighted by molar-refractivity contribution is 8.00. The van der Waals surface area contributed by atoms with Gasteiger partial charge in [0.1, 0.15) is 22.4 Å². The second-order valence-corrected chi connectivity index (χ2v) is 13.3. The van der Waals surface area contributed by atoms with Gasteiger partial charge in [0.2, 0.25) is 5.91 Å². The number of methoxy groups -OCH3 is 1. The average molecular weight is 715 g/mol. The summed E-state index contributed by atoms with van der Waals surface area (Å²) in [5.41, 5.74) is 3.21. The summed E-state index contributed by atoms with van der Waals surface area (Å²) >= 11 is 2.76. The van der Waals surface area contributed by atoms with Crippen molar-refractivity contribution in [2.45, 2.75) is 17.1 Å². The van der Waals surface area contributed by atoms with Crippen molar-refractivity contribution < 1.29 is 23.9 Å². The summed E-state index contributed by atoms with van der Waals surface area (Å²) in [5.74, 6) is 0.152.